The summed E-state index contributed by atoms with van der Waals surface area (Å²) in [6.07, 6.45) is -0.488. The number of alkyl halides is 2. The van der Waals surface area contributed by atoms with Gasteiger partial charge in [-0.05, 0) is 13.8 Å². The van der Waals surface area contributed by atoms with Crippen LogP contribution >= 0.6 is 23.2 Å². The third-order valence-corrected chi connectivity index (χ3v) is 2.15. The zero-order valence-electron chi connectivity index (χ0n) is 13.7. The van der Waals surface area contributed by atoms with Crippen LogP contribution in [0.5, 0.6) is 0 Å². The van der Waals surface area contributed by atoms with Crippen molar-refractivity contribution in [3.8, 4) is 0 Å². The monoisotopic (exact) mass is 388 g/mol. The SMILES string of the molecule is CC(=O)CC(=O)OOCCCl.CCOC(=O)CC(=O)COCCCl. The largest absolute Gasteiger partial charge is 0.466 e. The van der Waals surface area contributed by atoms with E-state index < -0.39 is 11.9 Å². The second-order valence-electron chi connectivity index (χ2n) is 4.11. The Kier molecular flexibility index (Phi) is 18.9. The van der Waals surface area contributed by atoms with Gasteiger partial charge in [-0.2, -0.15) is 4.89 Å². The van der Waals surface area contributed by atoms with Crippen LogP contribution in [-0.4, -0.2) is 61.7 Å². The number of carbonyl (C=O) groups excluding carboxylic acids is 4. The van der Waals surface area contributed by atoms with Gasteiger partial charge in [-0.3, -0.25) is 19.3 Å². The highest BCUT2D eigenvalue weighted by Gasteiger charge is 2.09. The fourth-order valence-electron chi connectivity index (χ4n) is 1.04. The molecule has 0 heterocycles. The number of hydrogen-bond acceptors (Lipinski definition) is 8. The molecule has 0 bridgehead atoms. The fourth-order valence-corrected chi connectivity index (χ4v) is 1.21. The standard InChI is InChI=1S/C8H13ClO4.C6H9ClO4/c1-2-13-8(11)5-7(10)6-12-4-3-9;1-5(8)4-6(9)11-10-3-2-7/h2-6H2,1H3;2-4H2,1H3. The minimum atomic E-state index is -0.692. The average Bonchev–Trinajstić information content (AvgIpc) is 2.48. The van der Waals surface area contributed by atoms with Crippen LogP contribution in [0.15, 0.2) is 0 Å². The normalized spacial score (nSPS) is 9.50. The molecule has 10 heteroatoms. The van der Waals surface area contributed by atoms with Crippen molar-refractivity contribution in [1.82, 2.24) is 0 Å². The highest BCUT2D eigenvalue weighted by Crippen LogP contribution is 1.91. The molecule has 24 heavy (non-hydrogen) atoms. The van der Waals surface area contributed by atoms with Gasteiger partial charge >= 0.3 is 11.9 Å². The van der Waals surface area contributed by atoms with Gasteiger partial charge in [0.25, 0.3) is 0 Å². The van der Waals surface area contributed by atoms with Crippen molar-refractivity contribution in [2.24, 2.45) is 0 Å². The van der Waals surface area contributed by atoms with Gasteiger partial charge in [-0.15, -0.1) is 23.2 Å². The quantitative estimate of drug-likeness (QED) is 0.123. The topological polar surface area (TPSA) is 105 Å². The Labute approximate surface area is 150 Å². The van der Waals surface area contributed by atoms with E-state index in [9.17, 15) is 19.2 Å². The molecule has 0 aromatic heterocycles. The summed E-state index contributed by atoms with van der Waals surface area (Å²) in [5, 5.41) is 0. The molecule has 0 atom stereocenters. The lowest BCUT2D eigenvalue weighted by atomic mass is 10.3. The summed E-state index contributed by atoms with van der Waals surface area (Å²) in [4.78, 5) is 51.0. The number of halogens is 2. The Morgan fingerprint density at radius 1 is 0.917 bits per heavy atom. The first-order valence-corrected chi connectivity index (χ1v) is 8.12. The summed E-state index contributed by atoms with van der Waals surface area (Å²) < 4.78 is 9.41. The average molecular weight is 389 g/mol. The second-order valence-corrected chi connectivity index (χ2v) is 4.86. The van der Waals surface area contributed by atoms with Gasteiger partial charge in [-0.1, -0.05) is 0 Å². The molecule has 0 unspecified atom stereocenters. The van der Waals surface area contributed by atoms with Gasteiger partial charge in [0.1, 0.15) is 31.8 Å². The molecular formula is C14H22Cl2O8. The maximum atomic E-state index is 10.9. The van der Waals surface area contributed by atoms with Gasteiger partial charge in [0.2, 0.25) is 0 Å². The van der Waals surface area contributed by atoms with Crippen LogP contribution in [0.1, 0.15) is 26.7 Å². The molecule has 0 aliphatic carbocycles. The Morgan fingerprint density at radius 3 is 2.04 bits per heavy atom. The number of rotatable bonds is 12. The molecule has 0 saturated heterocycles. The zero-order valence-corrected chi connectivity index (χ0v) is 15.2. The van der Waals surface area contributed by atoms with E-state index in [1.807, 2.05) is 0 Å². The van der Waals surface area contributed by atoms with E-state index in [-0.39, 0.29) is 50.1 Å². The Bertz CT molecular complexity index is 387. The van der Waals surface area contributed by atoms with Crippen molar-refractivity contribution in [3.05, 3.63) is 0 Å². The summed E-state index contributed by atoms with van der Waals surface area (Å²) in [6, 6.07) is 0. The third kappa shape index (κ3) is 20.8. The predicted octanol–water partition coefficient (Wildman–Crippen LogP) is 1.44. The molecule has 0 N–H and O–H groups in total. The molecule has 0 rings (SSSR count). The van der Waals surface area contributed by atoms with Gasteiger partial charge < -0.3 is 9.47 Å². The van der Waals surface area contributed by atoms with E-state index in [1.165, 1.54) is 6.92 Å². The van der Waals surface area contributed by atoms with E-state index in [0.717, 1.165) is 0 Å². The van der Waals surface area contributed by atoms with Crippen LogP contribution in [0.25, 0.3) is 0 Å². The van der Waals surface area contributed by atoms with Crippen LogP contribution < -0.4 is 0 Å². The lowest BCUT2D eigenvalue weighted by Gasteiger charge is -2.01. The van der Waals surface area contributed by atoms with Crippen molar-refractivity contribution in [2.75, 3.05) is 38.2 Å². The molecule has 0 aliphatic heterocycles. The van der Waals surface area contributed by atoms with Crippen LogP contribution in [-0.2, 0) is 38.4 Å². The minimum Gasteiger partial charge on any atom is -0.466 e. The van der Waals surface area contributed by atoms with Crippen LogP contribution in [0.2, 0.25) is 0 Å². The fraction of sp³-hybridized carbons (Fsp3) is 0.714. The molecule has 140 valence electrons. The van der Waals surface area contributed by atoms with E-state index >= 15 is 0 Å². The van der Waals surface area contributed by atoms with Gasteiger partial charge in [-0.25, -0.2) is 4.79 Å². The molecule has 0 fully saturated rings. The first-order chi connectivity index (χ1) is 11.4. The summed E-state index contributed by atoms with van der Waals surface area (Å²) in [6.45, 7) is 3.64. The van der Waals surface area contributed by atoms with E-state index in [2.05, 4.69) is 14.5 Å². The van der Waals surface area contributed by atoms with E-state index in [1.54, 1.807) is 6.92 Å². The van der Waals surface area contributed by atoms with Crippen LogP contribution in [0.3, 0.4) is 0 Å². The molecule has 8 nitrogen and oxygen atoms in total. The van der Waals surface area contributed by atoms with Crippen molar-refractivity contribution in [3.63, 3.8) is 0 Å². The number of carbonyl (C=O) groups is 4. The van der Waals surface area contributed by atoms with Gasteiger partial charge in [0, 0.05) is 5.88 Å². The highest BCUT2D eigenvalue weighted by molar-refractivity contribution is 6.18. The lowest BCUT2D eigenvalue weighted by molar-refractivity contribution is -0.268. The molecule has 0 radical (unpaired) electrons. The zero-order chi connectivity index (χ0) is 18.8. The van der Waals surface area contributed by atoms with Crippen molar-refractivity contribution >= 4 is 46.7 Å². The summed E-state index contributed by atoms with van der Waals surface area (Å²) >= 11 is 10.5. The highest BCUT2D eigenvalue weighted by atomic mass is 35.5. The molecule has 0 aromatic rings. The smallest absolute Gasteiger partial charge is 0.349 e. The molecule has 0 aromatic carbocycles. The minimum absolute atomic E-state index is 0.0778. The van der Waals surface area contributed by atoms with Gasteiger partial charge in [0.15, 0.2) is 5.78 Å². The first kappa shape index (κ1) is 25.0. The number of ketones is 2. The van der Waals surface area contributed by atoms with Crippen LogP contribution in [0.4, 0.5) is 0 Å². The summed E-state index contributed by atoms with van der Waals surface area (Å²) in [5.41, 5.74) is 0. The molecule has 0 saturated carbocycles. The summed E-state index contributed by atoms with van der Waals surface area (Å²) in [7, 11) is 0. The van der Waals surface area contributed by atoms with E-state index in [0.29, 0.717) is 12.5 Å². The van der Waals surface area contributed by atoms with Crippen molar-refractivity contribution < 1.29 is 38.4 Å². The third-order valence-electron chi connectivity index (χ3n) is 1.84. The van der Waals surface area contributed by atoms with Crippen molar-refractivity contribution in [2.45, 2.75) is 26.7 Å². The number of hydrogen-bond donors (Lipinski definition) is 0. The molecular weight excluding hydrogens is 367 g/mol. The Morgan fingerprint density at radius 2 is 1.54 bits per heavy atom. The Balaban J connectivity index is 0. The van der Waals surface area contributed by atoms with Crippen LogP contribution in [0, 0.1) is 0 Å². The lowest BCUT2D eigenvalue weighted by Crippen LogP contribution is -2.16. The predicted molar refractivity (Wildman–Crippen MR) is 85.9 cm³/mol. The van der Waals surface area contributed by atoms with Crippen molar-refractivity contribution in [1.29, 1.82) is 0 Å². The molecule has 0 aliphatic rings. The number of esters is 1. The first-order valence-electron chi connectivity index (χ1n) is 7.06. The maximum Gasteiger partial charge on any atom is 0.349 e. The second kappa shape index (κ2) is 18.1. The summed E-state index contributed by atoms with van der Waals surface area (Å²) in [5.74, 6) is -1.17. The number of ether oxygens (including phenoxy) is 2. The van der Waals surface area contributed by atoms with Gasteiger partial charge in [0.05, 0.1) is 19.1 Å². The Hall–Kier alpha value is -1.22. The maximum absolute atomic E-state index is 10.9. The number of Topliss-reactive ketones (excluding diaryl/α,β-unsaturated/α-hetero) is 2. The van der Waals surface area contributed by atoms with E-state index in [4.69, 9.17) is 27.9 Å². The molecule has 0 spiro atoms. The molecule has 0 amide bonds.